The summed E-state index contributed by atoms with van der Waals surface area (Å²) in [6, 6.07) is 13.4. The van der Waals surface area contributed by atoms with Gasteiger partial charge in [-0.2, -0.15) is 13.2 Å². The maximum atomic E-state index is 12.9. The number of aryl methyl sites for hydroxylation is 1. The van der Waals surface area contributed by atoms with E-state index in [0.29, 0.717) is 6.54 Å². The highest BCUT2D eigenvalue weighted by atomic mass is 19.4. The summed E-state index contributed by atoms with van der Waals surface area (Å²) in [6.07, 6.45) is -2.60. The highest BCUT2D eigenvalue weighted by molar-refractivity contribution is 5.69. The van der Waals surface area contributed by atoms with E-state index >= 15 is 0 Å². The topological polar surface area (TPSA) is 40.5 Å². The molecular formula is C21H22F3NO2. The van der Waals surface area contributed by atoms with Crippen LogP contribution < -0.4 is 0 Å². The number of alkyl halides is 3. The van der Waals surface area contributed by atoms with Gasteiger partial charge in [0, 0.05) is 12.5 Å². The summed E-state index contributed by atoms with van der Waals surface area (Å²) >= 11 is 0. The Hall–Kier alpha value is -2.34. The SMILES string of the molecule is CN(CC(=O)O)C[C@H]1CCc2ccccc2[C@H]1c1ccc(C(F)(F)F)cc1. The van der Waals surface area contributed by atoms with Crippen LogP contribution in [0.15, 0.2) is 48.5 Å². The predicted octanol–water partition coefficient (Wildman–Crippen LogP) is 4.42. The molecule has 3 nitrogen and oxygen atoms in total. The number of likely N-dealkylation sites (N-methyl/N-ethyl adjacent to an activating group) is 1. The van der Waals surface area contributed by atoms with E-state index in [1.165, 1.54) is 5.56 Å². The third-order valence-corrected chi connectivity index (χ3v) is 5.19. The first kappa shape index (κ1) is 19.4. The van der Waals surface area contributed by atoms with Crippen molar-refractivity contribution in [3.05, 3.63) is 70.8 Å². The van der Waals surface area contributed by atoms with Gasteiger partial charge in [-0.3, -0.25) is 9.69 Å². The van der Waals surface area contributed by atoms with Crippen molar-refractivity contribution in [3.63, 3.8) is 0 Å². The summed E-state index contributed by atoms with van der Waals surface area (Å²) in [4.78, 5) is 12.7. The molecule has 2 atom stereocenters. The lowest BCUT2D eigenvalue weighted by Crippen LogP contribution is -2.35. The molecule has 6 heteroatoms. The van der Waals surface area contributed by atoms with Crippen LogP contribution in [0.4, 0.5) is 13.2 Å². The molecule has 2 aromatic rings. The number of carbonyl (C=O) groups is 1. The fourth-order valence-electron chi connectivity index (χ4n) is 4.05. The zero-order valence-corrected chi connectivity index (χ0v) is 15.0. The van der Waals surface area contributed by atoms with Crippen molar-refractivity contribution in [2.75, 3.05) is 20.1 Å². The van der Waals surface area contributed by atoms with Crippen LogP contribution >= 0.6 is 0 Å². The van der Waals surface area contributed by atoms with E-state index in [1.807, 2.05) is 18.2 Å². The third kappa shape index (κ3) is 4.50. The van der Waals surface area contributed by atoms with Gasteiger partial charge in [0.05, 0.1) is 12.1 Å². The molecule has 0 heterocycles. The van der Waals surface area contributed by atoms with Crippen LogP contribution in [0.1, 0.15) is 34.6 Å². The molecule has 0 fully saturated rings. The molecule has 2 aromatic carbocycles. The van der Waals surface area contributed by atoms with E-state index in [2.05, 4.69) is 6.07 Å². The number of hydrogen-bond donors (Lipinski definition) is 1. The van der Waals surface area contributed by atoms with E-state index < -0.39 is 17.7 Å². The Morgan fingerprint density at radius 3 is 2.44 bits per heavy atom. The van der Waals surface area contributed by atoms with Crippen LogP contribution in [0.2, 0.25) is 0 Å². The number of rotatable bonds is 5. The highest BCUT2D eigenvalue weighted by Crippen LogP contribution is 2.42. The lowest BCUT2D eigenvalue weighted by Gasteiger charge is -2.36. The quantitative estimate of drug-likeness (QED) is 0.839. The number of nitrogens with zero attached hydrogens (tertiary/aromatic N) is 1. The van der Waals surface area contributed by atoms with Crippen LogP contribution in [0.3, 0.4) is 0 Å². The Morgan fingerprint density at radius 2 is 1.81 bits per heavy atom. The van der Waals surface area contributed by atoms with Crippen LogP contribution in [0.25, 0.3) is 0 Å². The van der Waals surface area contributed by atoms with Gasteiger partial charge in [-0.15, -0.1) is 0 Å². The van der Waals surface area contributed by atoms with Gasteiger partial charge < -0.3 is 5.11 Å². The van der Waals surface area contributed by atoms with Crippen molar-refractivity contribution in [1.82, 2.24) is 4.90 Å². The number of halogens is 3. The second kappa shape index (κ2) is 7.72. The summed E-state index contributed by atoms with van der Waals surface area (Å²) in [5.41, 5.74) is 2.51. The second-order valence-corrected chi connectivity index (χ2v) is 7.19. The zero-order chi connectivity index (χ0) is 19.6. The minimum Gasteiger partial charge on any atom is -0.480 e. The van der Waals surface area contributed by atoms with Gasteiger partial charge >= 0.3 is 12.1 Å². The van der Waals surface area contributed by atoms with E-state index in [9.17, 15) is 18.0 Å². The molecule has 0 aromatic heterocycles. The van der Waals surface area contributed by atoms with Gasteiger partial charge in [-0.05, 0) is 54.6 Å². The predicted molar refractivity (Wildman–Crippen MR) is 96.7 cm³/mol. The molecule has 0 spiro atoms. The smallest absolute Gasteiger partial charge is 0.416 e. The molecule has 1 N–H and O–H groups in total. The molecule has 3 rings (SSSR count). The average molecular weight is 377 g/mol. The number of fused-ring (bicyclic) bond motifs is 1. The maximum Gasteiger partial charge on any atom is 0.416 e. The average Bonchev–Trinajstić information content (AvgIpc) is 2.60. The molecule has 0 saturated heterocycles. The Labute approximate surface area is 156 Å². The fraction of sp³-hybridized carbons (Fsp3) is 0.381. The first-order chi connectivity index (χ1) is 12.8. The Bertz CT molecular complexity index is 802. The van der Waals surface area contributed by atoms with Crippen LogP contribution in [-0.2, 0) is 17.4 Å². The van der Waals surface area contributed by atoms with Gasteiger partial charge in [-0.1, -0.05) is 36.4 Å². The molecule has 0 bridgehead atoms. The summed E-state index contributed by atoms with van der Waals surface area (Å²) in [5, 5.41) is 9.01. The van der Waals surface area contributed by atoms with E-state index in [-0.39, 0.29) is 18.4 Å². The van der Waals surface area contributed by atoms with Crippen molar-refractivity contribution in [3.8, 4) is 0 Å². The van der Waals surface area contributed by atoms with Gasteiger partial charge in [0.1, 0.15) is 0 Å². The van der Waals surface area contributed by atoms with Gasteiger partial charge in [0.2, 0.25) is 0 Å². The fourth-order valence-corrected chi connectivity index (χ4v) is 4.05. The second-order valence-electron chi connectivity index (χ2n) is 7.19. The van der Waals surface area contributed by atoms with Crippen LogP contribution in [-0.4, -0.2) is 36.1 Å². The molecule has 27 heavy (non-hydrogen) atoms. The Morgan fingerprint density at radius 1 is 1.15 bits per heavy atom. The molecular weight excluding hydrogens is 355 g/mol. The van der Waals surface area contributed by atoms with Crippen molar-refractivity contribution < 1.29 is 23.1 Å². The maximum absolute atomic E-state index is 12.9. The summed E-state index contributed by atoms with van der Waals surface area (Å²) in [5.74, 6) is -0.797. The van der Waals surface area contributed by atoms with E-state index in [0.717, 1.165) is 36.1 Å². The molecule has 0 amide bonds. The largest absolute Gasteiger partial charge is 0.480 e. The van der Waals surface area contributed by atoms with Gasteiger partial charge in [0.15, 0.2) is 0 Å². The number of benzene rings is 2. The van der Waals surface area contributed by atoms with Crippen molar-refractivity contribution in [1.29, 1.82) is 0 Å². The summed E-state index contributed by atoms with van der Waals surface area (Å²) in [7, 11) is 1.76. The summed E-state index contributed by atoms with van der Waals surface area (Å²) < 4.78 is 38.7. The molecule has 1 aliphatic carbocycles. The minimum absolute atomic E-state index is 0.0477. The minimum atomic E-state index is -4.36. The van der Waals surface area contributed by atoms with Crippen LogP contribution in [0.5, 0.6) is 0 Å². The lowest BCUT2D eigenvalue weighted by atomic mass is 9.71. The van der Waals surface area contributed by atoms with Crippen molar-refractivity contribution in [2.24, 2.45) is 5.92 Å². The number of carboxylic acids is 1. The molecule has 0 saturated carbocycles. The van der Waals surface area contributed by atoms with Gasteiger partial charge in [0.25, 0.3) is 0 Å². The number of hydrogen-bond acceptors (Lipinski definition) is 2. The lowest BCUT2D eigenvalue weighted by molar-refractivity contribution is -0.138. The zero-order valence-electron chi connectivity index (χ0n) is 15.0. The highest BCUT2D eigenvalue weighted by Gasteiger charge is 2.33. The van der Waals surface area contributed by atoms with Crippen molar-refractivity contribution >= 4 is 5.97 Å². The summed E-state index contributed by atoms with van der Waals surface area (Å²) in [6.45, 7) is 0.518. The third-order valence-electron chi connectivity index (χ3n) is 5.19. The molecule has 0 aliphatic heterocycles. The Balaban J connectivity index is 1.94. The molecule has 0 radical (unpaired) electrons. The van der Waals surface area contributed by atoms with E-state index in [4.69, 9.17) is 5.11 Å². The van der Waals surface area contributed by atoms with Crippen molar-refractivity contribution in [2.45, 2.75) is 24.9 Å². The standard InChI is InChI=1S/C21H22F3NO2/c1-25(13-19(26)27)12-16-7-6-14-4-2-3-5-18(14)20(16)15-8-10-17(11-9-15)21(22,23)24/h2-5,8-11,16,20H,6-7,12-13H2,1H3,(H,26,27)/t16-,20+/m1/s1. The Kier molecular flexibility index (Phi) is 5.56. The molecule has 1 aliphatic rings. The normalized spacial score (nSPS) is 19.7. The number of aliphatic carboxylic acids is 1. The van der Waals surface area contributed by atoms with Crippen LogP contribution in [0, 0.1) is 5.92 Å². The molecule has 0 unspecified atom stereocenters. The monoisotopic (exact) mass is 377 g/mol. The van der Waals surface area contributed by atoms with E-state index in [1.54, 1.807) is 24.1 Å². The van der Waals surface area contributed by atoms with Gasteiger partial charge in [-0.25, -0.2) is 0 Å². The molecule has 144 valence electrons. The number of carboxylic acid groups (broad SMARTS) is 1. The first-order valence-electron chi connectivity index (χ1n) is 8.91. The first-order valence-corrected chi connectivity index (χ1v) is 8.91.